The van der Waals surface area contributed by atoms with E-state index in [2.05, 4.69) is 10.6 Å². The maximum absolute atomic E-state index is 13.5. The Kier molecular flexibility index (Phi) is 3.91. The molecule has 0 aromatic heterocycles. The molecule has 1 heterocycles. The molecule has 0 aliphatic carbocycles. The van der Waals surface area contributed by atoms with Crippen molar-refractivity contribution >= 4 is 5.91 Å². The van der Waals surface area contributed by atoms with E-state index in [1.165, 1.54) is 0 Å². The van der Waals surface area contributed by atoms with Crippen molar-refractivity contribution in [2.75, 3.05) is 6.54 Å². The summed E-state index contributed by atoms with van der Waals surface area (Å²) in [5.41, 5.74) is 0.893. The van der Waals surface area contributed by atoms with Crippen LogP contribution in [-0.2, 0) is 11.3 Å². The number of halogens is 2. The van der Waals surface area contributed by atoms with E-state index in [9.17, 15) is 13.6 Å². The predicted molar refractivity (Wildman–Crippen MR) is 64.3 cm³/mol. The molecule has 1 aromatic carbocycles. The van der Waals surface area contributed by atoms with E-state index in [1.807, 2.05) is 30.3 Å². The summed E-state index contributed by atoms with van der Waals surface area (Å²) >= 11 is 0. The van der Waals surface area contributed by atoms with Crippen LogP contribution in [0.4, 0.5) is 8.78 Å². The minimum Gasteiger partial charge on any atom is -0.350 e. The van der Waals surface area contributed by atoms with Gasteiger partial charge in [-0.3, -0.25) is 4.79 Å². The third kappa shape index (κ3) is 3.04. The van der Waals surface area contributed by atoms with Crippen LogP contribution in [0.5, 0.6) is 0 Å². The van der Waals surface area contributed by atoms with Crippen molar-refractivity contribution in [2.45, 2.75) is 31.4 Å². The van der Waals surface area contributed by atoms with Gasteiger partial charge in [-0.2, -0.15) is 0 Å². The number of amides is 1. The van der Waals surface area contributed by atoms with Crippen molar-refractivity contribution in [1.29, 1.82) is 0 Å². The summed E-state index contributed by atoms with van der Waals surface area (Å²) in [4.78, 5) is 11.7. The average molecular weight is 254 g/mol. The highest BCUT2D eigenvalue weighted by atomic mass is 19.3. The fourth-order valence-corrected chi connectivity index (χ4v) is 2.04. The first kappa shape index (κ1) is 13.0. The number of hydrogen-bond donors (Lipinski definition) is 2. The minimum absolute atomic E-state index is 0.233. The zero-order chi connectivity index (χ0) is 13.0. The Labute approximate surface area is 105 Å². The van der Waals surface area contributed by atoms with Crippen molar-refractivity contribution in [3.05, 3.63) is 35.9 Å². The fourth-order valence-electron chi connectivity index (χ4n) is 2.04. The molecular formula is C13H16F2N2O. The Morgan fingerprint density at radius 2 is 2.11 bits per heavy atom. The maximum atomic E-state index is 13.5. The summed E-state index contributed by atoms with van der Waals surface area (Å²) in [5, 5.41) is 5.13. The summed E-state index contributed by atoms with van der Waals surface area (Å²) in [6.45, 7) is 0.729. The van der Waals surface area contributed by atoms with Crippen molar-refractivity contribution in [1.82, 2.24) is 10.6 Å². The molecule has 0 radical (unpaired) electrons. The number of alkyl halides is 2. The second-order valence-electron chi connectivity index (χ2n) is 4.46. The van der Waals surface area contributed by atoms with Crippen LogP contribution in [0.3, 0.4) is 0 Å². The number of piperidine rings is 1. The molecule has 18 heavy (non-hydrogen) atoms. The first-order chi connectivity index (χ1) is 8.59. The second kappa shape index (κ2) is 5.44. The van der Waals surface area contributed by atoms with E-state index < -0.39 is 17.9 Å². The molecule has 0 saturated carbocycles. The van der Waals surface area contributed by atoms with Crippen molar-refractivity contribution in [2.24, 2.45) is 0 Å². The topological polar surface area (TPSA) is 41.1 Å². The highest BCUT2D eigenvalue weighted by molar-refractivity contribution is 5.83. The first-order valence-electron chi connectivity index (χ1n) is 6.02. The molecule has 1 aliphatic heterocycles. The zero-order valence-corrected chi connectivity index (χ0v) is 9.96. The lowest BCUT2D eigenvalue weighted by Gasteiger charge is -2.31. The molecule has 1 saturated heterocycles. The van der Waals surface area contributed by atoms with Gasteiger partial charge in [0.05, 0.1) is 0 Å². The fraction of sp³-hybridized carbons (Fsp3) is 0.462. The molecule has 1 amide bonds. The van der Waals surface area contributed by atoms with Crippen molar-refractivity contribution < 1.29 is 13.6 Å². The van der Waals surface area contributed by atoms with Crippen LogP contribution in [0.15, 0.2) is 30.3 Å². The van der Waals surface area contributed by atoms with Gasteiger partial charge in [-0.15, -0.1) is 0 Å². The predicted octanol–water partition coefficient (Wildman–Crippen LogP) is 1.69. The Hall–Kier alpha value is -1.49. The van der Waals surface area contributed by atoms with Gasteiger partial charge >= 0.3 is 0 Å². The molecule has 0 bridgehead atoms. The highest BCUT2D eigenvalue weighted by Gasteiger charge is 2.45. The Morgan fingerprint density at radius 1 is 1.39 bits per heavy atom. The number of carbonyl (C=O) groups is 1. The summed E-state index contributed by atoms with van der Waals surface area (Å²) < 4.78 is 27.0. The molecule has 1 unspecified atom stereocenters. The van der Waals surface area contributed by atoms with Crippen LogP contribution in [0.2, 0.25) is 0 Å². The van der Waals surface area contributed by atoms with Gasteiger partial charge in [-0.05, 0) is 18.5 Å². The molecule has 1 atom stereocenters. The van der Waals surface area contributed by atoms with Gasteiger partial charge in [0.25, 0.3) is 5.92 Å². The number of carbonyl (C=O) groups excluding carboxylic acids is 1. The van der Waals surface area contributed by atoms with Crippen LogP contribution >= 0.6 is 0 Å². The van der Waals surface area contributed by atoms with Crippen LogP contribution < -0.4 is 10.6 Å². The van der Waals surface area contributed by atoms with Gasteiger partial charge in [0.1, 0.15) is 0 Å². The van der Waals surface area contributed by atoms with Gasteiger partial charge in [0, 0.05) is 13.0 Å². The third-order valence-electron chi connectivity index (χ3n) is 3.03. The normalized spacial score (nSPS) is 22.4. The third-order valence-corrected chi connectivity index (χ3v) is 3.03. The molecule has 1 aliphatic rings. The smallest absolute Gasteiger partial charge is 0.272 e. The standard InChI is InChI=1S/C13H16F2N2O/c14-13(15)7-4-8-16-11(13)12(18)17-9-10-5-2-1-3-6-10/h1-3,5-6,11,16H,4,7-9H2,(H,17,18). The molecule has 0 spiro atoms. The summed E-state index contributed by atoms with van der Waals surface area (Å²) in [5.74, 6) is -3.59. The van der Waals surface area contributed by atoms with Gasteiger partial charge in [-0.25, -0.2) is 8.78 Å². The van der Waals surface area contributed by atoms with E-state index in [4.69, 9.17) is 0 Å². The van der Waals surface area contributed by atoms with Gasteiger partial charge < -0.3 is 10.6 Å². The lowest BCUT2D eigenvalue weighted by molar-refractivity contribution is -0.137. The molecule has 5 heteroatoms. The Balaban J connectivity index is 1.91. The molecule has 3 nitrogen and oxygen atoms in total. The monoisotopic (exact) mass is 254 g/mol. The SMILES string of the molecule is O=C(NCc1ccccc1)C1NCCCC1(F)F. The lowest BCUT2D eigenvalue weighted by Crippen LogP contribution is -2.57. The highest BCUT2D eigenvalue weighted by Crippen LogP contribution is 2.27. The van der Waals surface area contributed by atoms with E-state index in [0.717, 1.165) is 5.56 Å². The molecular weight excluding hydrogens is 238 g/mol. The number of hydrogen-bond acceptors (Lipinski definition) is 2. The van der Waals surface area contributed by atoms with Gasteiger partial charge in [0.15, 0.2) is 6.04 Å². The molecule has 1 fully saturated rings. The van der Waals surface area contributed by atoms with Gasteiger partial charge in [-0.1, -0.05) is 30.3 Å². The van der Waals surface area contributed by atoms with Crippen LogP contribution in [-0.4, -0.2) is 24.4 Å². The largest absolute Gasteiger partial charge is 0.350 e. The summed E-state index contributed by atoms with van der Waals surface area (Å²) in [6, 6.07) is 7.82. The van der Waals surface area contributed by atoms with E-state index in [1.54, 1.807) is 0 Å². The molecule has 98 valence electrons. The number of nitrogens with one attached hydrogen (secondary N) is 2. The molecule has 2 N–H and O–H groups in total. The first-order valence-corrected chi connectivity index (χ1v) is 6.02. The summed E-state index contributed by atoms with van der Waals surface area (Å²) in [7, 11) is 0. The number of rotatable bonds is 3. The van der Waals surface area contributed by atoms with E-state index >= 15 is 0 Å². The Bertz CT molecular complexity index is 409. The van der Waals surface area contributed by atoms with Crippen LogP contribution in [0, 0.1) is 0 Å². The van der Waals surface area contributed by atoms with E-state index in [0.29, 0.717) is 13.0 Å². The minimum atomic E-state index is -2.96. The molecule has 1 aromatic rings. The average Bonchev–Trinajstić information content (AvgIpc) is 2.37. The van der Waals surface area contributed by atoms with Crippen LogP contribution in [0.1, 0.15) is 18.4 Å². The Morgan fingerprint density at radius 3 is 2.78 bits per heavy atom. The lowest BCUT2D eigenvalue weighted by atomic mass is 9.99. The number of benzene rings is 1. The van der Waals surface area contributed by atoms with Gasteiger partial charge in [0.2, 0.25) is 5.91 Å². The summed E-state index contributed by atoms with van der Waals surface area (Å²) in [6.07, 6.45) is 0.166. The maximum Gasteiger partial charge on any atom is 0.272 e. The molecule has 2 rings (SSSR count). The second-order valence-corrected chi connectivity index (χ2v) is 4.46. The quantitative estimate of drug-likeness (QED) is 0.862. The van der Waals surface area contributed by atoms with Crippen molar-refractivity contribution in [3.63, 3.8) is 0 Å². The van der Waals surface area contributed by atoms with Crippen LogP contribution in [0.25, 0.3) is 0 Å². The van der Waals surface area contributed by atoms with Crippen molar-refractivity contribution in [3.8, 4) is 0 Å². The zero-order valence-electron chi connectivity index (χ0n) is 9.96. The van der Waals surface area contributed by atoms with E-state index in [-0.39, 0.29) is 13.0 Å².